The topological polar surface area (TPSA) is 121 Å². The zero-order chi connectivity index (χ0) is 19.6. The molecule has 1 heterocycles. The van der Waals surface area contributed by atoms with Crippen molar-refractivity contribution in [1.82, 2.24) is 4.72 Å². The third-order valence-corrected chi connectivity index (χ3v) is 6.56. The lowest BCUT2D eigenvalue weighted by Gasteiger charge is -2.19. The number of benzene rings is 2. The van der Waals surface area contributed by atoms with Crippen LogP contribution in [0, 0.1) is 0 Å². The fourth-order valence-corrected chi connectivity index (χ4v) is 4.95. The zero-order valence-corrected chi connectivity index (χ0v) is 15.7. The molecule has 0 bridgehead atoms. The molecule has 0 saturated carbocycles. The van der Waals surface area contributed by atoms with E-state index in [1.54, 1.807) is 24.3 Å². The highest BCUT2D eigenvalue weighted by Crippen LogP contribution is 2.20. The van der Waals surface area contributed by atoms with Gasteiger partial charge in [0.2, 0.25) is 10.0 Å². The Bertz CT molecular complexity index is 1160. The summed E-state index contributed by atoms with van der Waals surface area (Å²) in [4.78, 5) is 11.6. The van der Waals surface area contributed by atoms with Crippen LogP contribution < -0.4 is 4.72 Å². The number of aliphatic carboxylic acids is 1. The van der Waals surface area contributed by atoms with Gasteiger partial charge in [-0.15, -0.1) is 8.42 Å². The second-order valence-electron chi connectivity index (χ2n) is 6.04. The summed E-state index contributed by atoms with van der Waals surface area (Å²) >= 11 is 0. The summed E-state index contributed by atoms with van der Waals surface area (Å²) in [5, 5.41) is 11.1. The monoisotopic (exact) mass is 409 g/mol. The SMILES string of the molecule is O=C(O)C1C(NS(=O)(=O)c2ccc3ccccc3c2)CC=CC[N+]1=S(=O)=O. The number of sulfonamides is 1. The Morgan fingerprint density at radius 1 is 1.11 bits per heavy atom. The highest BCUT2D eigenvalue weighted by atomic mass is 32.2. The Balaban J connectivity index is 2.00. The highest BCUT2D eigenvalue weighted by molar-refractivity contribution is 7.89. The normalized spacial score (nSPS) is 20.4. The van der Waals surface area contributed by atoms with E-state index in [0.29, 0.717) is 3.95 Å². The van der Waals surface area contributed by atoms with Crippen molar-refractivity contribution in [3.8, 4) is 0 Å². The molecule has 2 atom stereocenters. The largest absolute Gasteiger partial charge is 0.476 e. The number of rotatable bonds is 4. The lowest BCUT2D eigenvalue weighted by atomic mass is 10.1. The summed E-state index contributed by atoms with van der Waals surface area (Å²) in [6.07, 6.45) is 3.12. The molecule has 142 valence electrons. The van der Waals surface area contributed by atoms with E-state index >= 15 is 0 Å². The summed E-state index contributed by atoms with van der Waals surface area (Å²) < 4.78 is 51.5. The van der Waals surface area contributed by atoms with E-state index in [4.69, 9.17) is 0 Å². The van der Waals surface area contributed by atoms with Gasteiger partial charge in [0.1, 0.15) is 0 Å². The van der Waals surface area contributed by atoms with Gasteiger partial charge in [0, 0.05) is 0 Å². The van der Waals surface area contributed by atoms with Crippen molar-refractivity contribution in [2.24, 2.45) is 0 Å². The number of hydrogen-bond acceptors (Lipinski definition) is 5. The number of carbonyl (C=O) groups is 1. The van der Waals surface area contributed by atoms with Gasteiger partial charge < -0.3 is 5.11 Å². The molecule has 10 heteroatoms. The molecular weight excluding hydrogens is 392 g/mol. The first-order valence-corrected chi connectivity index (χ1v) is 10.6. The smallest absolute Gasteiger partial charge is 0.460 e. The maximum atomic E-state index is 12.8. The maximum absolute atomic E-state index is 12.8. The van der Waals surface area contributed by atoms with Crippen molar-refractivity contribution < 1.29 is 30.7 Å². The average Bonchev–Trinajstić information content (AvgIpc) is 2.83. The summed E-state index contributed by atoms with van der Waals surface area (Å²) in [7, 11) is -6.87. The molecule has 0 aliphatic carbocycles. The molecule has 2 N–H and O–H groups in total. The van der Waals surface area contributed by atoms with Gasteiger partial charge in [0.05, 0.1) is 10.9 Å². The number of carboxylic acids is 1. The Morgan fingerprint density at radius 3 is 2.48 bits per heavy atom. The maximum Gasteiger partial charge on any atom is 0.460 e. The average molecular weight is 409 g/mol. The number of hydrogen-bond donors (Lipinski definition) is 2. The third kappa shape index (κ3) is 4.07. The molecule has 0 aromatic heterocycles. The molecule has 2 unspecified atom stereocenters. The molecule has 8 nitrogen and oxygen atoms in total. The lowest BCUT2D eigenvalue weighted by Crippen LogP contribution is -2.51. The quantitative estimate of drug-likeness (QED) is 0.574. The fraction of sp³-hybridized carbons (Fsp3) is 0.235. The molecule has 2 aromatic rings. The number of nitrogens with zero attached hydrogens (tertiary/aromatic N) is 1. The molecular formula is C17H17N2O6S2+. The van der Waals surface area contributed by atoms with Crippen LogP contribution in [-0.4, -0.2) is 50.5 Å². The number of nitrogens with one attached hydrogen (secondary N) is 1. The molecule has 0 radical (unpaired) electrons. The minimum absolute atomic E-state index is 0.0200. The van der Waals surface area contributed by atoms with Gasteiger partial charge in [0.15, 0.2) is 6.54 Å². The van der Waals surface area contributed by atoms with Crippen LogP contribution in [0.2, 0.25) is 0 Å². The first-order valence-electron chi connectivity index (χ1n) is 8.04. The van der Waals surface area contributed by atoms with Crippen molar-refractivity contribution >= 4 is 37.3 Å². The van der Waals surface area contributed by atoms with E-state index < -0.39 is 38.6 Å². The minimum Gasteiger partial charge on any atom is -0.476 e. The van der Waals surface area contributed by atoms with E-state index in [1.165, 1.54) is 18.2 Å². The van der Waals surface area contributed by atoms with E-state index in [1.807, 2.05) is 12.1 Å². The van der Waals surface area contributed by atoms with Gasteiger partial charge in [-0.25, -0.2) is 17.9 Å². The molecule has 1 aliphatic heterocycles. The molecule has 3 rings (SSSR count). The van der Waals surface area contributed by atoms with Crippen molar-refractivity contribution in [3.63, 3.8) is 0 Å². The van der Waals surface area contributed by atoms with Gasteiger partial charge in [-0.3, -0.25) is 0 Å². The van der Waals surface area contributed by atoms with Crippen LogP contribution in [0.25, 0.3) is 10.8 Å². The second-order valence-corrected chi connectivity index (χ2v) is 8.66. The van der Waals surface area contributed by atoms with E-state index in [2.05, 4.69) is 4.72 Å². The molecule has 0 fully saturated rings. The van der Waals surface area contributed by atoms with Crippen LogP contribution in [-0.2, 0) is 25.3 Å². The molecule has 27 heavy (non-hydrogen) atoms. The highest BCUT2D eigenvalue weighted by Gasteiger charge is 2.42. The predicted molar refractivity (Wildman–Crippen MR) is 97.3 cm³/mol. The van der Waals surface area contributed by atoms with E-state index in [9.17, 15) is 26.7 Å². The Kier molecular flexibility index (Phi) is 5.40. The molecule has 0 saturated heterocycles. The van der Waals surface area contributed by atoms with E-state index in [-0.39, 0.29) is 17.9 Å². The molecule has 0 spiro atoms. The Labute approximate surface area is 157 Å². The van der Waals surface area contributed by atoms with Crippen molar-refractivity contribution in [2.75, 3.05) is 6.54 Å². The van der Waals surface area contributed by atoms with Crippen LogP contribution in [0.5, 0.6) is 0 Å². The summed E-state index contributed by atoms with van der Waals surface area (Å²) in [6.45, 7) is -0.138. The van der Waals surface area contributed by atoms with Crippen molar-refractivity contribution in [2.45, 2.75) is 23.4 Å². The standard InChI is InChI=1S/C17H16N2O6S2/c20-17(21)16-15(7-3-4-10-19(16)26(22)23)18-27(24,25)14-9-8-12-5-1-2-6-13(12)11-14/h1-6,8-9,11,15-16,18H,7,10H2/p+1. The minimum atomic E-state index is -4.06. The first-order chi connectivity index (χ1) is 12.8. The summed E-state index contributed by atoms with van der Waals surface area (Å²) in [5.41, 5.74) is 0. The summed E-state index contributed by atoms with van der Waals surface area (Å²) in [6, 6.07) is 9.11. The van der Waals surface area contributed by atoms with Crippen LogP contribution in [0.1, 0.15) is 6.42 Å². The van der Waals surface area contributed by atoms with Crippen molar-refractivity contribution in [3.05, 3.63) is 54.6 Å². The van der Waals surface area contributed by atoms with Crippen LogP contribution in [0.3, 0.4) is 0 Å². The van der Waals surface area contributed by atoms with Gasteiger partial charge >= 0.3 is 16.5 Å². The summed E-state index contributed by atoms with van der Waals surface area (Å²) in [5.74, 6) is -1.42. The van der Waals surface area contributed by atoms with Crippen LogP contribution in [0.15, 0.2) is 59.5 Å². The fourth-order valence-electron chi connectivity index (χ4n) is 3.03. The molecule has 2 aromatic carbocycles. The first kappa shape index (κ1) is 19.2. The Morgan fingerprint density at radius 2 is 1.81 bits per heavy atom. The van der Waals surface area contributed by atoms with Gasteiger partial charge in [-0.1, -0.05) is 40.4 Å². The molecule has 1 aliphatic rings. The van der Waals surface area contributed by atoms with Crippen LogP contribution in [0.4, 0.5) is 0 Å². The van der Waals surface area contributed by atoms with Gasteiger partial charge in [0.25, 0.3) is 6.04 Å². The third-order valence-electron chi connectivity index (χ3n) is 4.32. The molecule has 0 amide bonds. The lowest BCUT2D eigenvalue weighted by molar-refractivity contribution is -0.524. The Hall–Kier alpha value is -2.56. The van der Waals surface area contributed by atoms with E-state index in [0.717, 1.165) is 10.8 Å². The number of carboxylic acid groups (broad SMARTS) is 1. The number of fused-ring (bicyclic) bond motifs is 1. The van der Waals surface area contributed by atoms with Crippen molar-refractivity contribution in [1.29, 1.82) is 0 Å². The van der Waals surface area contributed by atoms with Gasteiger partial charge in [-0.2, -0.15) is 0 Å². The zero-order valence-electron chi connectivity index (χ0n) is 14.0. The second kappa shape index (κ2) is 7.59. The predicted octanol–water partition coefficient (Wildman–Crippen LogP) is 0.975. The van der Waals surface area contributed by atoms with Gasteiger partial charge in [-0.05, 0) is 35.4 Å². The van der Waals surface area contributed by atoms with Crippen LogP contribution >= 0.6 is 0 Å².